The van der Waals surface area contributed by atoms with Gasteiger partial charge in [-0.15, -0.1) is 23.1 Å². The molecule has 0 aliphatic carbocycles. The molecule has 0 saturated heterocycles. The van der Waals surface area contributed by atoms with Crippen LogP contribution < -0.4 is 5.32 Å². The van der Waals surface area contributed by atoms with Gasteiger partial charge in [-0.05, 0) is 41.6 Å². The van der Waals surface area contributed by atoms with Crippen LogP contribution in [0.25, 0.3) is 21.5 Å². The number of nitrogens with one attached hydrogen (secondary N) is 1. The van der Waals surface area contributed by atoms with Crippen LogP contribution in [0.3, 0.4) is 0 Å². The van der Waals surface area contributed by atoms with Crippen LogP contribution in [0.15, 0.2) is 67.0 Å². The highest BCUT2D eigenvalue weighted by atomic mass is 32.2. The fourth-order valence-electron chi connectivity index (χ4n) is 3.10. The van der Waals surface area contributed by atoms with E-state index < -0.39 is 0 Å². The number of thiocarbonyl (C=S) groups is 1. The highest BCUT2D eigenvalue weighted by Gasteiger charge is 2.12. The number of hydrogen-bond donors (Lipinski definition) is 1. The Bertz CT molecular complexity index is 1230. The zero-order valence-electron chi connectivity index (χ0n) is 17.4. The minimum atomic E-state index is 0.107. The Hall–Kier alpha value is -2.26. The van der Waals surface area contributed by atoms with E-state index in [9.17, 15) is 4.79 Å². The summed E-state index contributed by atoms with van der Waals surface area (Å²) < 4.78 is 0.822. The van der Waals surface area contributed by atoms with Crippen LogP contribution in [-0.2, 0) is 6.54 Å². The molecule has 0 atom stereocenters. The Morgan fingerprint density at radius 2 is 1.94 bits per heavy atom. The number of fused-ring (bicyclic) bond motifs is 1. The number of Topliss-reactive ketones (excluding diaryl/α,β-unsaturated/α-hetero) is 1. The molecule has 0 aliphatic rings. The third-order valence-corrected chi connectivity index (χ3v) is 8.40. The normalized spacial score (nSPS) is 10.9. The number of para-hydroxylation sites is 1. The Morgan fingerprint density at radius 1 is 1.06 bits per heavy atom. The second kappa shape index (κ2) is 11.0. The first-order valence-corrected chi connectivity index (χ1v) is 13.3. The van der Waals surface area contributed by atoms with Crippen molar-refractivity contribution in [1.29, 1.82) is 0 Å². The summed E-state index contributed by atoms with van der Waals surface area (Å²) in [6.07, 6.45) is 3.69. The summed E-state index contributed by atoms with van der Waals surface area (Å²) >= 11 is 9.77. The zero-order chi connectivity index (χ0) is 22.3. The van der Waals surface area contributed by atoms with Crippen molar-refractivity contribution in [3.8, 4) is 10.6 Å². The number of thiophene rings is 1. The van der Waals surface area contributed by atoms with Crippen molar-refractivity contribution in [1.82, 2.24) is 9.97 Å². The molecule has 162 valence electrons. The van der Waals surface area contributed by atoms with Gasteiger partial charge in [-0.25, -0.2) is 0 Å². The molecule has 0 spiro atoms. The van der Waals surface area contributed by atoms with E-state index in [4.69, 9.17) is 12.2 Å². The largest absolute Gasteiger partial charge is 0.380 e. The standard InChI is InChI=1S/C24H21N3OS4/c1-2-30-24(29)31-15-21(28)23-10-9-22(32-23)20-8-7-16(14-27-20)13-26-19-11-12-25-18-6-4-3-5-17(18)19/h3-12,14H,2,13,15H2,1H3,(H,25,26). The lowest BCUT2D eigenvalue weighted by Crippen LogP contribution is -2.01. The molecule has 0 fully saturated rings. The number of hydrogen-bond acceptors (Lipinski definition) is 8. The molecule has 4 rings (SSSR count). The van der Waals surface area contributed by atoms with Crippen LogP contribution in [0.5, 0.6) is 0 Å². The average Bonchev–Trinajstić information content (AvgIpc) is 3.32. The van der Waals surface area contributed by atoms with Crippen molar-refractivity contribution in [3.63, 3.8) is 0 Å². The lowest BCUT2D eigenvalue weighted by molar-refractivity contribution is 0.102. The number of benzene rings is 1. The van der Waals surface area contributed by atoms with Crippen LogP contribution in [0, 0.1) is 0 Å². The maximum Gasteiger partial charge on any atom is 0.183 e. The SMILES string of the molecule is CCSC(=S)SCC(=O)c1ccc(-c2ccc(CNc3ccnc4ccccc34)cn2)s1. The molecule has 0 aliphatic heterocycles. The van der Waals surface area contributed by atoms with Gasteiger partial charge in [-0.3, -0.25) is 14.8 Å². The summed E-state index contributed by atoms with van der Waals surface area (Å²) in [6.45, 7) is 2.72. The van der Waals surface area contributed by atoms with Crippen molar-refractivity contribution in [2.24, 2.45) is 0 Å². The Kier molecular flexibility index (Phi) is 7.91. The maximum atomic E-state index is 12.5. The molecule has 0 bridgehead atoms. The van der Waals surface area contributed by atoms with Gasteiger partial charge in [0.25, 0.3) is 0 Å². The van der Waals surface area contributed by atoms with E-state index in [1.165, 1.54) is 23.1 Å². The Morgan fingerprint density at radius 3 is 2.75 bits per heavy atom. The summed E-state index contributed by atoms with van der Waals surface area (Å²) in [4.78, 5) is 23.2. The van der Waals surface area contributed by atoms with Crippen molar-refractivity contribution in [3.05, 3.63) is 77.4 Å². The number of anilines is 1. The third-order valence-electron chi connectivity index (χ3n) is 4.67. The third kappa shape index (κ3) is 5.75. The van der Waals surface area contributed by atoms with Crippen LogP contribution in [0.1, 0.15) is 22.2 Å². The molecule has 0 amide bonds. The van der Waals surface area contributed by atoms with Crippen LogP contribution in [-0.4, -0.2) is 30.8 Å². The predicted molar refractivity (Wildman–Crippen MR) is 144 cm³/mol. The number of rotatable bonds is 8. The first-order valence-electron chi connectivity index (χ1n) is 10.1. The van der Waals surface area contributed by atoms with Crippen molar-refractivity contribution < 1.29 is 4.79 Å². The van der Waals surface area contributed by atoms with Gasteiger partial charge in [0.15, 0.2) is 5.78 Å². The van der Waals surface area contributed by atoms with Crippen LogP contribution in [0.4, 0.5) is 5.69 Å². The summed E-state index contributed by atoms with van der Waals surface area (Å²) in [5.74, 6) is 1.42. The number of nitrogens with zero attached hydrogens (tertiary/aromatic N) is 2. The first kappa shape index (κ1) is 22.9. The van der Waals surface area contributed by atoms with Crippen molar-refractivity contribution in [2.75, 3.05) is 16.8 Å². The summed E-state index contributed by atoms with van der Waals surface area (Å²) in [5.41, 5.74) is 3.98. The molecule has 0 saturated carbocycles. The van der Waals surface area contributed by atoms with E-state index in [-0.39, 0.29) is 5.78 Å². The molecule has 3 aromatic heterocycles. The quantitative estimate of drug-likeness (QED) is 0.210. The minimum Gasteiger partial charge on any atom is -0.380 e. The maximum absolute atomic E-state index is 12.5. The van der Waals surface area contributed by atoms with Gasteiger partial charge in [0, 0.05) is 30.0 Å². The monoisotopic (exact) mass is 495 g/mol. The van der Waals surface area contributed by atoms with Gasteiger partial charge in [0.1, 0.15) is 3.53 Å². The lowest BCUT2D eigenvalue weighted by atomic mass is 10.2. The molecule has 8 heteroatoms. The summed E-state index contributed by atoms with van der Waals surface area (Å²) in [6, 6.07) is 18.0. The average molecular weight is 496 g/mol. The topological polar surface area (TPSA) is 54.9 Å². The van der Waals surface area contributed by atoms with Gasteiger partial charge in [0.05, 0.1) is 26.7 Å². The predicted octanol–water partition coefficient (Wildman–Crippen LogP) is 6.92. The van der Waals surface area contributed by atoms with Gasteiger partial charge < -0.3 is 5.32 Å². The van der Waals surface area contributed by atoms with Crippen molar-refractivity contribution in [2.45, 2.75) is 13.5 Å². The Balaban J connectivity index is 1.37. The smallest absolute Gasteiger partial charge is 0.183 e. The van der Waals surface area contributed by atoms with Gasteiger partial charge in [-0.1, -0.05) is 55.2 Å². The minimum absolute atomic E-state index is 0.107. The van der Waals surface area contributed by atoms with E-state index >= 15 is 0 Å². The fraction of sp³-hybridized carbons (Fsp3) is 0.167. The van der Waals surface area contributed by atoms with Crippen LogP contribution in [0.2, 0.25) is 0 Å². The second-order valence-electron chi connectivity index (χ2n) is 6.84. The van der Waals surface area contributed by atoms with Crippen molar-refractivity contribution >= 4 is 73.0 Å². The molecule has 3 heterocycles. The highest BCUT2D eigenvalue weighted by molar-refractivity contribution is 8.47. The molecular formula is C24H21N3OS4. The Labute approximate surface area is 205 Å². The first-order chi connectivity index (χ1) is 15.6. The van der Waals surface area contributed by atoms with E-state index in [0.717, 1.165) is 46.9 Å². The molecule has 4 nitrogen and oxygen atoms in total. The highest BCUT2D eigenvalue weighted by Crippen LogP contribution is 2.29. The fourth-order valence-corrected chi connectivity index (χ4v) is 6.15. The zero-order valence-corrected chi connectivity index (χ0v) is 20.7. The molecule has 32 heavy (non-hydrogen) atoms. The number of ketones is 1. The van der Waals surface area contributed by atoms with Gasteiger partial charge in [-0.2, -0.15) is 0 Å². The number of pyridine rings is 2. The number of aromatic nitrogens is 2. The molecule has 1 N–H and O–H groups in total. The van der Waals surface area contributed by atoms with Gasteiger partial charge in [0.2, 0.25) is 0 Å². The van der Waals surface area contributed by atoms with Crippen LogP contribution >= 0.6 is 47.1 Å². The summed E-state index contributed by atoms with van der Waals surface area (Å²) in [5, 5.41) is 4.58. The number of carbonyl (C=O) groups excluding carboxylic acids is 1. The molecule has 4 aromatic rings. The second-order valence-corrected chi connectivity index (χ2v) is 11.4. The number of carbonyl (C=O) groups is 1. The number of thioether (sulfide) groups is 2. The van der Waals surface area contributed by atoms with Gasteiger partial charge >= 0.3 is 0 Å². The van der Waals surface area contributed by atoms with E-state index in [1.807, 2.05) is 54.9 Å². The van der Waals surface area contributed by atoms with E-state index in [1.54, 1.807) is 11.8 Å². The lowest BCUT2D eigenvalue weighted by Gasteiger charge is -2.09. The van der Waals surface area contributed by atoms with E-state index in [0.29, 0.717) is 12.3 Å². The molecule has 0 unspecified atom stereocenters. The molecule has 0 radical (unpaired) electrons. The summed E-state index contributed by atoms with van der Waals surface area (Å²) in [7, 11) is 0. The van der Waals surface area contributed by atoms with E-state index in [2.05, 4.69) is 34.3 Å². The molecule has 1 aromatic carbocycles. The molecular weight excluding hydrogens is 475 g/mol.